The third-order valence-corrected chi connectivity index (χ3v) is 4.61. The quantitative estimate of drug-likeness (QED) is 0.885. The van der Waals surface area contributed by atoms with Gasteiger partial charge in [-0.2, -0.15) is 0 Å². The molecule has 6 nitrogen and oxygen atoms in total. The number of piperazine rings is 1. The van der Waals surface area contributed by atoms with Crippen molar-refractivity contribution in [1.82, 2.24) is 20.1 Å². The standard InChI is InChI=1S/C16H24N4O2/c21-15(12-14-6-3-7-17-14)19-8-10-20(11-9-19)16(22)18-13-4-1-2-5-13/h3,6-7,13,17H,1-2,4-5,8-12H2,(H,18,22). The predicted octanol–water partition coefficient (Wildman–Crippen LogP) is 1.35. The molecule has 1 aliphatic carbocycles. The highest BCUT2D eigenvalue weighted by Crippen LogP contribution is 2.18. The van der Waals surface area contributed by atoms with Crippen LogP contribution in [0.2, 0.25) is 0 Å². The van der Waals surface area contributed by atoms with Crippen LogP contribution in [-0.4, -0.2) is 58.9 Å². The Labute approximate surface area is 130 Å². The summed E-state index contributed by atoms with van der Waals surface area (Å²) in [5.41, 5.74) is 0.936. The van der Waals surface area contributed by atoms with Crippen LogP contribution in [0, 0.1) is 0 Å². The number of H-pyrrole nitrogens is 1. The van der Waals surface area contributed by atoms with E-state index in [2.05, 4.69) is 10.3 Å². The number of amides is 3. The summed E-state index contributed by atoms with van der Waals surface area (Å²) in [6.07, 6.45) is 6.85. The maximum atomic E-state index is 12.2. The Morgan fingerprint density at radius 3 is 2.45 bits per heavy atom. The zero-order valence-corrected chi connectivity index (χ0v) is 12.9. The molecule has 6 heteroatoms. The van der Waals surface area contributed by atoms with E-state index >= 15 is 0 Å². The van der Waals surface area contributed by atoms with E-state index in [1.165, 1.54) is 12.8 Å². The molecule has 2 heterocycles. The van der Waals surface area contributed by atoms with Gasteiger partial charge in [0.1, 0.15) is 0 Å². The van der Waals surface area contributed by atoms with Crippen LogP contribution in [0.25, 0.3) is 0 Å². The molecule has 0 spiro atoms. The molecule has 1 aromatic rings. The molecule has 3 amide bonds. The molecule has 3 rings (SSSR count). The lowest BCUT2D eigenvalue weighted by Crippen LogP contribution is -2.54. The number of nitrogens with zero attached hydrogens (tertiary/aromatic N) is 2. The first-order chi connectivity index (χ1) is 10.7. The SMILES string of the molecule is O=C(Cc1ccc[nH]1)N1CCN(C(=O)NC2CCCC2)CC1. The molecule has 1 aliphatic heterocycles. The fraction of sp³-hybridized carbons (Fsp3) is 0.625. The van der Waals surface area contributed by atoms with Gasteiger partial charge in [0.05, 0.1) is 6.42 Å². The summed E-state index contributed by atoms with van der Waals surface area (Å²) in [5, 5.41) is 3.11. The molecule has 1 saturated heterocycles. The lowest BCUT2D eigenvalue weighted by molar-refractivity contribution is -0.131. The van der Waals surface area contributed by atoms with Crippen molar-refractivity contribution in [3.05, 3.63) is 24.0 Å². The van der Waals surface area contributed by atoms with Crippen molar-refractivity contribution in [1.29, 1.82) is 0 Å². The van der Waals surface area contributed by atoms with Gasteiger partial charge >= 0.3 is 6.03 Å². The van der Waals surface area contributed by atoms with Gasteiger partial charge in [0.2, 0.25) is 5.91 Å². The summed E-state index contributed by atoms with van der Waals surface area (Å²) in [7, 11) is 0. The molecule has 0 bridgehead atoms. The summed E-state index contributed by atoms with van der Waals surface area (Å²) in [5.74, 6) is 0.123. The number of aromatic nitrogens is 1. The number of hydrogen-bond acceptors (Lipinski definition) is 2. The predicted molar refractivity (Wildman–Crippen MR) is 83.4 cm³/mol. The van der Waals surface area contributed by atoms with Crippen LogP contribution in [0.15, 0.2) is 18.3 Å². The van der Waals surface area contributed by atoms with Gasteiger partial charge in [-0.05, 0) is 25.0 Å². The van der Waals surface area contributed by atoms with E-state index in [-0.39, 0.29) is 11.9 Å². The van der Waals surface area contributed by atoms with Gasteiger partial charge in [-0.25, -0.2) is 4.79 Å². The Balaban J connectivity index is 1.43. The molecule has 0 aromatic carbocycles. The Hall–Kier alpha value is -1.98. The molecular formula is C16H24N4O2. The molecule has 120 valence electrons. The van der Waals surface area contributed by atoms with Crippen molar-refractivity contribution in [3.63, 3.8) is 0 Å². The zero-order valence-electron chi connectivity index (χ0n) is 12.9. The highest BCUT2D eigenvalue weighted by molar-refractivity contribution is 5.79. The van der Waals surface area contributed by atoms with Crippen LogP contribution in [0.1, 0.15) is 31.4 Å². The van der Waals surface area contributed by atoms with Crippen molar-refractivity contribution >= 4 is 11.9 Å². The average Bonchev–Trinajstić information content (AvgIpc) is 3.21. The van der Waals surface area contributed by atoms with Crippen molar-refractivity contribution in [2.45, 2.75) is 38.1 Å². The minimum Gasteiger partial charge on any atom is -0.365 e. The van der Waals surface area contributed by atoms with Crippen molar-refractivity contribution in [2.75, 3.05) is 26.2 Å². The van der Waals surface area contributed by atoms with Gasteiger partial charge in [0.25, 0.3) is 0 Å². The van der Waals surface area contributed by atoms with E-state index in [1.807, 2.05) is 28.1 Å². The first kappa shape index (κ1) is 14.9. The van der Waals surface area contributed by atoms with E-state index in [9.17, 15) is 9.59 Å². The Bertz CT molecular complexity index is 500. The fourth-order valence-corrected chi connectivity index (χ4v) is 3.25. The topological polar surface area (TPSA) is 68.4 Å². The second-order valence-corrected chi connectivity index (χ2v) is 6.17. The molecular weight excluding hydrogens is 280 g/mol. The van der Waals surface area contributed by atoms with Crippen LogP contribution in [-0.2, 0) is 11.2 Å². The zero-order chi connectivity index (χ0) is 15.4. The summed E-state index contributed by atoms with van der Waals surface area (Å²) >= 11 is 0. The van der Waals surface area contributed by atoms with E-state index in [1.54, 1.807) is 0 Å². The molecule has 0 unspecified atom stereocenters. The molecule has 2 fully saturated rings. The van der Waals surface area contributed by atoms with E-state index in [0.29, 0.717) is 38.6 Å². The number of urea groups is 1. The van der Waals surface area contributed by atoms with Gasteiger partial charge in [-0.1, -0.05) is 12.8 Å². The lowest BCUT2D eigenvalue weighted by Gasteiger charge is -2.35. The third kappa shape index (κ3) is 3.61. The maximum Gasteiger partial charge on any atom is 0.317 e. The fourth-order valence-electron chi connectivity index (χ4n) is 3.25. The number of nitrogens with one attached hydrogen (secondary N) is 2. The van der Waals surface area contributed by atoms with Crippen LogP contribution in [0.5, 0.6) is 0 Å². The monoisotopic (exact) mass is 304 g/mol. The first-order valence-electron chi connectivity index (χ1n) is 8.18. The van der Waals surface area contributed by atoms with E-state index in [0.717, 1.165) is 18.5 Å². The number of carbonyl (C=O) groups excluding carboxylic acids is 2. The number of hydrogen-bond donors (Lipinski definition) is 2. The Morgan fingerprint density at radius 2 is 1.82 bits per heavy atom. The van der Waals surface area contributed by atoms with Crippen LogP contribution >= 0.6 is 0 Å². The number of rotatable bonds is 3. The van der Waals surface area contributed by atoms with Crippen LogP contribution in [0.4, 0.5) is 4.79 Å². The first-order valence-corrected chi connectivity index (χ1v) is 8.18. The van der Waals surface area contributed by atoms with E-state index in [4.69, 9.17) is 0 Å². The summed E-state index contributed by atoms with van der Waals surface area (Å²) in [6.45, 7) is 2.49. The number of carbonyl (C=O) groups is 2. The van der Waals surface area contributed by atoms with Crippen molar-refractivity contribution in [3.8, 4) is 0 Å². The second-order valence-electron chi connectivity index (χ2n) is 6.17. The summed E-state index contributed by atoms with van der Waals surface area (Å²) in [4.78, 5) is 31.1. The normalized spacial score (nSPS) is 19.5. The van der Waals surface area contributed by atoms with Gasteiger partial charge in [-0.3, -0.25) is 4.79 Å². The van der Waals surface area contributed by atoms with Crippen molar-refractivity contribution < 1.29 is 9.59 Å². The lowest BCUT2D eigenvalue weighted by atomic mass is 10.2. The van der Waals surface area contributed by atoms with Gasteiger partial charge in [0.15, 0.2) is 0 Å². The Morgan fingerprint density at radius 1 is 1.14 bits per heavy atom. The molecule has 22 heavy (non-hydrogen) atoms. The minimum absolute atomic E-state index is 0.0309. The van der Waals surface area contributed by atoms with Crippen molar-refractivity contribution in [2.24, 2.45) is 0 Å². The highest BCUT2D eigenvalue weighted by Gasteiger charge is 2.26. The van der Waals surface area contributed by atoms with Crippen LogP contribution < -0.4 is 5.32 Å². The van der Waals surface area contributed by atoms with Gasteiger partial charge < -0.3 is 20.1 Å². The van der Waals surface area contributed by atoms with Gasteiger partial charge in [-0.15, -0.1) is 0 Å². The number of aromatic amines is 1. The molecule has 1 saturated carbocycles. The molecule has 2 aliphatic rings. The maximum absolute atomic E-state index is 12.2. The molecule has 0 radical (unpaired) electrons. The second kappa shape index (κ2) is 6.85. The van der Waals surface area contributed by atoms with E-state index < -0.39 is 0 Å². The molecule has 2 N–H and O–H groups in total. The summed E-state index contributed by atoms with van der Waals surface area (Å²) in [6, 6.07) is 4.19. The van der Waals surface area contributed by atoms with Gasteiger partial charge in [0, 0.05) is 44.1 Å². The largest absolute Gasteiger partial charge is 0.365 e. The molecule has 0 atom stereocenters. The Kier molecular flexibility index (Phi) is 4.65. The highest BCUT2D eigenvalue weighted by atomic mass is 16.2. The smallest absolute Gasteiger partial charge is 0.317 e. The summed E-state index contributed by atoms with van der Waals surface area (Å²) < 4.78 is 0. The molecule has 1 aromatic heterocycles. The average molecular weight is 304 g/mol. The van der Waals surface area contributed by atoms with Crippen LogP contribution in [0.3, 0.4) is 0 Å². The minimum atomic E-state index is 0.0309. The third-order valence-electron chi connectivity index (χ3n) is 4.61.